The fourth-order valence-electron chi connectivity index (χ4n) is 7.31. The summed E-state index contributed by atoms with van der Waals surface area (Å²) in [6.45, 7) is -1.74. The van der Waals surface area contributed by atoms with Gasteiger partial charge in [-0.05, 0) is 30.7 Å². The van der Waals surface area contributed by atoms with Crippen LogP contribution in [0.15, 0.2) is 90.4 Å². The van der Waals surface area contributed by atoms with E-state index in [4.69, 9.17) is 34.7 Å². The number of aromatic nitrogens is 6. The lowest BCUT2D eigenvalue weighted by Crippen LogP contribution is -2.52. The Labute approximate surface area is 368 Å². The molecule has 5 heterocycles. The molecule has 0 spiro atoms. The van der Waals surface area contributed by atoms with Crippen molar-refractivity contribution in [2.24, 2.45) is 0 Å². The summed E-state index contributed by atoms with van der Waals surface area (Å²) in [6.07, 6.45) is -6.98. The summed E-state index contributed by atoms with van der Waals surface area (Å²) in [4.78, 5) is 86.3. The topological polar surface area (TPSA) is 359 Å². The predicted octanol–water partition coefficient (Wildman–Crippen LogP) is -0.125. The summed E-state index contributed by atoms with van der Waals surface area (Å²) in [6, 6.07) is 17.2. The van der Waals surface area contributed by atoms with Crippen molar-refractivity contribution >= 4 is 50.3 Å². The van der Waals surface area contributed by atoms with Gasteiger partial charge < -0.3 is 56.1 Å². The fourth-order valence-corrected chi connectivity index (χ4v) is 8.61. The molecule has 4 unspecified atom stereocenters. The number of nitrogens with two attached hydrogens (primary N) is 2. The third-order valence-electron chi connectivity index (χ3n) is 10.5. The van der Waals surface area contributed by atoms with Crippen LogP contribution in [0, 0.1) is 0 Å². The molecule has 0 aliphatic carbocycles. The molecule has 27 heteroatoms. The van der Waals surface area contributed by atoms with Crippen molar-refractivity contribution in [2.75, 3.05) is 31.7 Å². The van der Waals surface area contributed by atoms with Crippen LogP contribution in [-0.2, 0) is 59.3 Å². The van der Waals surface area contributed by atoms with Crippen molar-refractivity contribution in [3.05, 3.63) is 107 Å². The van der Waals surface area contributed by atoms with Crippen LogP contribution in [0.5, 0.6) is 0 Å². The molecule has 5 aromatic rings. The number of nitrogens with zero attached hydrogens (tertiary/aromatic N) is 6. The number of esters is 1. The van der Waals surface area contributed by atoms with E-state index in [0.29, 0.717) is 5.56 Å². The highest BCUT2D eigenvalue weighted by molar-refractivity contribution is 7.47. The average molecular weight is 945 g/mol. The lowest BCUT2D eigenvalue weighted by molar-refractivity contribution is -0.160. The van der Waals surface area contributed by atoms with Crippen molar-refractivity contribution < 1.29 is 66.3 Å². The van der Waals surface area contributed by atoms with E-state index < -0.39 is 101 Å². The first-order valence-electron chi connectivity index (χ1n) is 19.9. The zero-order valence-electron chi connectivity index (χ0n) is 34.3. The first-order chi connectivity index (χ1) is 31.0. The Hall–Kier alpha value is -5.53. The van der Waals surface area contributed by atoms with Crippen molar-refractivity contribution in [2.45, 2.75) is 74.3 Å². The maximum Gasteiger partial charge on any atom is 0.472 e. The quantitative estimate of drug-likeness (QED) is 0.0395. The maximum atomic E-state index is 14.3. The van der Waals surface area contributed by atoms with E-state index in [0.717, 1.165) is 16.5 Å². The van der Waals surface area contributed by atoms with E-state index in [2.05, 4.69) is 35.1 Å². The number of likely N-dealkylation sites (N-methyl/N-ethyl adjacent to an activating group) is 1. The van der Waals surface area contributed by atoms with E-state index in [9.17, 15) is 43.3 Å². The van der Waals surface area contributed by atoms with Crippen LogP contribution in [0.3, 0.4) is 0 Å². The first kappa shape index (κ1) is 47.4. The smallest absolute Gasteiger partial charge is 0.455 e. The number of fused-ring (bicyclic) bond motifs is 1. The number of phosphoric acid groups is 2. The number of anilines is 2. The molecule has 10 N–H and O–H groups in total. The highest BCUT2D eigenvalue weighted by Gasteiger charge is 2.50. The lowest BCUT2D eigenvalue weighted by atomic mass is 10.0. The van der Waals surface area contributed by atoms with Crippen molar-refractivity contribution in [3.8, 4) is 0 Å². The van der Waals surface area contributed by atoms with E-state index in [1.165, 1.54) is 23.2 Å². The van der Waals surface area contributed by atoms with Crippen molar-refractivity contribution in [1.82, 2.24) is 39.7 Å². The molecule has 25 nitrogen and oxygen atoms in total. The molecule has 10 atom stereocenters. The SMILES string of the molecule is CN[C@@H](Cc1ccccc1)C(=O)N[C@@H](Cc1ccccc1)C(=O)OC1C(O)[C@H](n2cnc3c(N)ncnc32)O[C@@H]1COP(=O)(O)OC1C[C@H](n2ccc(N)nc2=O)O[C@@H]1COP(=O)(O)O. The molecule has 2 aliphatic rings. The monoisotopic (exact) mass is 944 g/mol. The van der Waals surface area contributed by atoms with E-state index in [-0.39, 0.29) is 42.1 Å². The molecule has 7 rings (SSSR count). The normalized spacial score (nSPS) is 24.0. The van der Waals surface area contributed by atoms with Crippen molar-refractivity contribution in [1.29, 1.82) is 0 Å². The minimum absolute atomic E-state index is 0.00858. The standard InChI is InChI=1S/C38H46N10O15P2/c1-41-23(14-21-8-4-2-5-9-21)35(50)45-24(15-22-10-6-3-7-11-22)37(51)62-32-27(61-36(31(32)49)48-20-44-30-33(40)42-19-43-34(30)48)18-59-65(56,57)63-25-16-29(47-13-12-28(39)46-38(47)52)60-26(25)17-58-64(53,54)55/h2-13,19-20,23-27,29,31-32,36,41,49H,14-18H2,1H3,(H,45,50)(H,56,57)(H2,39,46,52)(H2,40,42,43)(H2,53,54,55)/t23-,24-,25?,26+,27+,29+,31?,32?,36+/m0/s1. The van der Waals surface area contributed by atoms with Gasteiger partial charge in [-0.1, -0.05) is 60.7 Å². The molecular weight excluding hydrogens is 898 g/mol. The van der Waals surface area contributed by atoms with E-state index in [1.54, 1.807) is 37.4 Å². The van der Waals surface area contributed by atoms with Gasteiger partial charge in [0.2, 0.25) is 5.91 Å². The van der Waals surface area contributed by atoms with Crippen molar-refractivity contribution in [3.63, 3.8) is 0 Å². The molecule has 348 valence electrons. The Morgan fingerprint density at radius 2 is 1.55 bits per heavy atom. The highest BCUT2D eigenvalue weighted by Crippen LogP contribution is 2.50. The second-order valence-electron chi connectivity index (χ2n) is 14.9. The van der Waals surface area contributed by atoms with Crippen LogP contribution in [0.1, 0.15) is 30.0 Å². The van der Waals surface area contributed by atoms with Crippen LogP contribution in [0.2, 0.25) is 0 Å². The molecule has 2 fully saturated rings. The molecule has 65 heavy (non-hydrogen) atoms. The zero-order valence-corrected chi connectivity index (χ0v) is 36.1. The third-order valence-corrected chi connectivity index (χ3v) is 12.0. The number of amides is 1. The van der Waals surface area contributed by atoms with Crippen LogP contribution in [0.25, 0.3) is 11.2 Å². The molecule has 0 saturated carbocycles. The number of aliphatic hydroxyl groups is 1. The number of phosphoric ester groups is 2. The van der Waals surface area contributed by atoms with Gasteiger partial charge in [0.25, 0.3) is 0 Å². The predicted molar refractivity (Wildman–Crippen MR) is 225 cm³/mol. The van der Waals surface area contributed by atoms with Gasteiger partial charge >= 0.3 is 27.3 Å². The van der Waals surface area contributed by atoms with Gasteiger partial charge in [-0.3, -0.25) is 27.5 Å². The van der Waals surface area contributed by atoms with Crippen LogP contribution >= 0.6 is 15.6 Å². The number of nitrogen functional groups attached to an aromatic ring is 2. The molecule has 3 aromatic heterocycles. The Morgan fingerprint density at radius 1 is 0.892 bits per heavy atom. The van der Waals surface area contributed by atoms with Gasteiger partial charge in [-0.15, -0.1) is 0 Å². The molecular formula is C38H46N10O15P2. The molecule has 1 amide bonds. The summed E-state index contributed by atoms with van der Waals surface area (Å²) < 4.78 is 60.7. The van der Waals surface area contributed by atoms with E-state index >= 15 is 0 Å². The Balaban J connectivity index is 1.13. The molecule has 2 aliphatic heterocycles. The van der Waals surface area contributed by atoms with Gasteiger partial charge in [0.05, 0.1) is 25.6 Å². The second-order valence-corrected chi connectivity index (χ2v) is 17.6. The Morgan fingerprint density at radius 3 is 2.20 bits per heavy atom. The largest absolute Gasteiger partial charge is 0.472 e. The summed E-state index contributed by atoms with van der Waals surface area (Å²) >= 11 is 0. The summed E-state index contributed by atoms with van der Waals surface area (Å²) in [5.74, 6) is -1.63. The maximum absolute atomic E-state index is 14.3. The van der Waals surface area contributed by atoms with Gasteiger partial charge in [-0.2, -0.15) is 4.98 Å². The van der Waals surface area contributed by atoms with Gasteiger partial charge in [0.15, 0.2) is 23.8 Å². The van der Waals surface area contributed by atoms with Crippen LogP contribution in [0.4, 0.5) is 11.6 Å². The summed E-state index contributed by atoms with van der Waals surface area (Å²) in [5, 5.41) is 17.6. The number of hydrogen-bond donors (Lipinski definition) is 8. The number of hydrogen-bond acceptors (Lipinski definition) is 19. The molecule has 2 saturated heterocycles. The summed E-state index contributed by atoms with van der Waals surface area (Å²) in [5.41, 5.74) is 12.5. The highest BCUT2D eigenvalue weighted by atomic mass is 31.2. The zero-order chi connectivity index (χ0) is 46.5. The number of aliphatic hydroxyl groups excluding tert-OH is 1. The van der Waals surface area contributed by atoms with Gasteiger partial charge in [0, 0.05) is 19.0 Å². The number of nitrogens with one attached hydrogen (secondary N) is 2. The number of benzene rings is 2. The van der Waals surface area contributed by atoms with E-state index in [1.807, 2.05) is 30.3 Å². The summed E-state index contributed by atoms with van der Waals surface area (Å²) in [7, 11) is -8.72. The number of carbonyl (C=O) groups excluding carboxylic acids is 2. The second kappa shape index (κ2) is 20.3. The molecule has 0 bridgehead atoms. The fraction of sp³-hybridized carbons (Fsp3) is 0.395. The number of imidazole rings is 1. The van der Waals surface area contributed by atoms with Gasteiger partial charge in [0.1, 0.15) is 54.3 Å². The number of carbonyl (C=O) groups is 2. The number of ether oxygens (including phenoxy) is 3. The Kier molecular flexibility index (Phi) is 14.8. The average Bonchev–Trinajstić information content (AvgIpc) is 3.96. The minimum atomic E-state index is -5.24. The lowest BCUT2D eigenvalue weighted by Gasteiger charge is -2.26. The first-order valence-corrected chi connectivity index (χ1v) is 22.9. The molecule has 0 radical (unpaired) electrons. The molecule has 2 aromatic carbocycles. The minimum Gasteiger partial charge on any atom is -0.455 e. The van der Waals surface area contributed by atoms with Crippen LogP contribution in [-0.4, -0.2) is 124 Å². The van der Waals surface area contributed by atoms with Crippen LogP contribution < -0.4 is 27.8 Å². The number of rotatable bonds is 19. The Bertz CT molecular complexity index is 2600. The third kappa shape index (κ3) is 11.8. The van der Waals surface area contributed by atoms with Gasteiger partial charge in [-0.25, -0.2) is 33.7 Å².